The van der Waals surface area contributed by atoms with E-state index in [2.05, 4.69) is 51.2 Å². The molecular weight excluding hydrogens is 406 g/mol. The fourth-order valence-electron chi connectivity index (χ4n) is 1.46. The van der Waals surface area contributed by atoms with Crippen LogP contribution < -0.4 is 4.74 Å². The molecule has 2 nitrogen and oxygen atoms in total. The first kappa shape index (κ1) is 10.7. The third-order valence-electron chi connectivity index (χ3n) is 2.15. The second-order valence-corrected chi connectivity index (χ2v) is 5.53. The number of benzene rings is 1. The Kier molecular flexibility index (Phi) is 3.30. The lowest BCUT2D eigenvalue weighted by Crippen LogP contribution is -2.05. The van der Waals surface area contributed by atoms with E-state index < -0.39 is 0 Å². The van der Waals surface area contributed by atoms with E-state index in [4.69, 9.17) is 4.74 Å². The molecule has 4 heteroatoms. The van der Waals surface area contributed by atoms with Crippen molar-refractivity contribution in [2.24, 2.45) is 0 Å². The van der Waals surface area contributed by atoms with Gasteiger partial charge < -0.3 is 4.74 Å². The lowest BCUT2D eigenvalue weighted by Gasteiger charge is -2.07. The van der Waals surface area contributed by atoms with Crippen LogP contribution in [0.25, 0.3) is 0 Å². The number of hydrogen-bond donors (Lipinski definition) is 0. The van der Waals surface area contributed by atoms with Gasteiger partial charge in [0.2, 0.25) is 0 Å². The van der Waals surface area contributed by atoms with Gasteiger partial charge in [0.15, 0.2) is 0 Å². The first-order valence-corrected chi connectivity index (χ1v) is 6.51. The Morgan fingerprint density at radius 3 is 2.64 bits per heavy atom. The van der Waals surface area contributed by atoms with Gasteiger partial charge in [-0.25, -0.2) is 0 Å². The maximum Gasteiger partial charge on any atom is 0.311 e. The highest BCUT2D eigenvalue weighted by Crippen LogP contribution is 2.29. The summed E-state index contributed by atoms with van der Waals surface area (Å²) in [5, 5.41) is 0. The quantitative estimate of drug-likeness (QED) is 0.371. The van der Waals surface area contributed by atoms with Gasteiger partial charge in [-0.1, -0.05) is 0 Å². The number of ether oxygens (including phenoxy) is 1. The third kappa shape index (κ3) is 2.21. The summed E-state index contributed by atoms with van der Waals surface area (Å²) in [6.45, 7) is 0. The smallest absolute Gasteiger partial charge is 0.311 e. The summed E-state index contributed by atoms with van der Waals surface area (Å²) in [6.07, 6.45) is 2.36. The lowest BCUT2D eigenvalue weighted by molar-refractivity contribution is -0.134. The first-order chi connectivity index (χ1) is 6.66. The predicted octanol–water partition coefficient (Wildman–Crippen LogP) is 3.14. The Hall–Kier alpha value is 0.150. The average molecular weight is 414 g/mol. The summed E-state index contributed by atoms with van der Waals surface area (Å²) in [6, 6.07) is 4.05. The molecule has 0 spiro atoms. The molecular formula is C10H8I2O2. The molecule has 0 N–H and O–H groups in total. The summed E-state index contributed by atoms with van der Waals surface area (Å²) in [5.41, 5.74) is 1.15. The molecule has 0 atom stereocenters. The second kappa shape index (κ2) is 4.34. The normalized spacial score (nSPS) is 15.7. The number of rotatable bonds is 0. The van der Waals surface area contributed by atoms with Crippen LogP contribution in [0.2, 0.25) is 0 Å². The molecule has 0 aliphatic carbocycles. The van der Waals surface area contributed by atoms with Crippen molar-refractivity contribution < 1.29 is 9.53 Å². The van der Waals surface area contributed by atoms with Crippen LogP contribution in [0, 0.1) is 7.14 Å². The minimum Gasteiger partial charge on any atom is -0.426 e. The van der Waals surface area contributed by atoms with Crippen molar-refractivity contribution in [2.75, 3.05) is 0 Å². The van der Waals surface area contributed by atoms with E-state index in [9.17, 15) is 4.79 Å². The number of carbonyl (C=O) groups excluding carboxylic acids is 1. The Morgan fingerprint density at radius 2 is 1.86 bits per heavy atom. The van der Waals surface area contributed by atoms with Crippen LogP contribution in [0.4, 0.5) is 0 Å². The van der Waals surface area contributed by atoms with Gasteiger partial charge in [0.25, 0.3) is 0 Å². The highest BCUT2D eigenvalue weighted by atomic mass is 127. The average Bonchev–Trinajstić information content (AvgIpc) is 2.28. The molecule has 14 heavy (non-hydrogen) atoms. The molecule has 0 radical (unpaired) electrons. The van der Waals surface area contributed by atoms with Crippen molar-refractivity contribution in [3.8, 4) is 5.75 Å². The zero-order valence-electron chi connectivity index (χ0n) is 7.35. The Balaban J connectivity index is 2.46. The summed E-state index contributed by atoms with van der Waals surface area (Å²) >= 11 is 4.55. The largest absolute Gasteiger partial charge is 0.426 e. The molecule has 1 aromatic rings. The van der Waals surface area contributed by atoms with E-state index >= 15 is 0 Å². The van der Waals surface area contributed by atoms with Crippen molar-refractivity contribution in [1.29, 1.82) is 0 Å². The van der Waals surface area contributed by atoms with Gasteiger partial charge in [0.1, 0.15) is 5.75 Å². The SMILES string of the molecule is O=C1CCCc2cc(I)c(I)cc2O1. The van der Waals surface area contributed by atoms with Crippen LogP contribution in [0.5, 0.6) is 5.75 Å². The zero-order chi connectivity index (χ0) is 10.1. The van der Waals surface area contributed by atoms with Gasteiger partial charge in [0, 0.05) is 13.6 Å². The van der Waals surface area contributed by atoms with Crippen LogP contribution in [0.15, 0.2) is 12.1 Å². The topological polar surface area (TPSA) is 26.3 Å². The van der Waals surface area contributed by atoms with Gasteiger partial charge >= 0.3 is 5.97 Å². The van der Waals surface area contributed by atoms with E-state index in [0.29, 0.717) is 6.42 Å². The molecule has 1 aliphatic heterocycles. The van der Waals surface area contributed by atoms with Crippen molar-refractivity contribution in [3.63, 3.8) is 0 Å². The molecule has 0 amide bonds. The molecule has 1 aliphatic rings. The number of hydrogen-bond acceptors (Lipinski definition) is 2. The molecule has 0 saturated carbocycles. The summed E-state index contributed by atoms with van der Waals surface area (Å²) in [7, 11) is 0. The molecule has 0 saturated heterocycles. The minimum absolute atomic E-state index is 0.110. The van der Waals surface area contributed by atoms with Crippen LogP contribution in [-0.2, 0) is 11.2 Å². The number of fused-ring (bicyclic) bond motifs is 1. The van der Waals surface area contributed by atoms with Crippen molar-refractivity contribution in [3.05, 3.63) is 24.8 Å². The van der Waals surface area contributed by atoms with Crippen LogP contribution in [0.1, 0.15) is 18.4 Å². The Bertz CT molecular complexity index is 388. The van der Waals surface area contributed by atoms with Crippen LogP contribution >= 0.6 is 45.2 Å². The summed E-state index contributed by atoms with van der Waals surface area (Å²) in [5.74, 6) is 0.637. The number of carbonyl (C=O) groups is 1. The monoisotopic (exact) mass is 414 g/mol. The fraction of sp³-hybridized carbons (Fsp3) is 0.300. The minimum atomic E-state index is -0.110. The predicted molar refractivity (Wildman–Crippen MR) is 70.4 cm³/mol. The number of aryl methyl sites for hydroxylation is 1. The van der Waals surface area contributed by atoms with E-state index in [1.54, 1.807) is 0 Å². The van der Waals surface area contributed by atoms with Gasteiger partial charge in [-0.2, -0.15) is 0 Å². The second-order valence-electron chi connectivity index (χ2n) is 3.20. The first-order valence-electron chi connectivity index (χ1n) is 4.35. The Labute approximate surface area is 110 Å². The van der Waals surface area contributed by atoms with E-state index in [-0.39, 0.29) is 5.97 Å². The van der Waals surface area contributed by atoms with E-state index in [0.717, 1.165) is 27.7 Å². The molecule has 2 rings (SSSR count). The van der Waals surface area contributed by atoms with Crippen molar-refractivity contribution in [1.82, 2.24) is 0 Å². The van der Waals surface area contributed by atoms with Crippen molar-refractivity contribution in [2.45, 2.75) is 19.3 Å². The lowest BCUT2D eigenvalue weighted by atomic mass is 10.1. The fourth-order valence-corrected chi connectivity index (χ4v) is 2.43. The van der Waals surface area contributed by atoms with Gasteiger partial charge in [-0.05, 0) is 75.7 Å². The van der Waals surface area contributed by atoms with Crippen molar-refractivity contribution >= 4 is 51.2 Å². The van der Waals surface area contributed by atoms with Gasteiger partial charge in [-0.15, -0.1) is 0 Å². The van der Waals surface area contributed by atoms with Crippen LogP contribution in [-0.4, -0.2) is 5.97 Å². The standard InChI is InChI=1S/C10H8I2O2/c11-7-4-6-2-1-3-10(13)14-9(6)5-8(7)12/h4-5H,1-3H2. The third-order valence-corrected chi connectivity index (χ3v) is 4.97. The van der Waals surface area contributed by atoms with Crippen LogP contribution in [0.3, 0.4) is 0 Å². The molecule has 0 bridgehead atoms. The molecule has 1 heterocycles. The van der Waals surface area contributed by atoms with Gasteiger partial charge in [-0.3, -0.25) is 4.79 Å². The highest BCUT2D eigenvalue weighted by molar-refractivity contribution is 14.1. The van der Waals surface area contributed by atoms with E-state index in [1.165, 1.54) is 3.57 Å². The number of esters is 1. The maximum absolute atomic E-state index is 11.2. The molecule has 0 fully saturated rings. The highest BCUT2D eigenvalue weighted by Gasteiger charge is 2.16. The molecule has 74 valence electrons. The van der Waals surface area contributed by atoms with Gasteiger partial charge in [0.05, 0.1) is 0 Å². The summed E-state index contributed by atoms with van der Waals surface area (Å²) in [4.78, 5) is 11.2. The molecule has 0 unspecified atom stereocenters. The molecule has 0 aromatic heterocycles. The number of halogens is 2. The molecule has 1 aromatic carbocycles. The summed E-state index contributed by atoms with van der Waals surface area (Å²) < 4.78 is 7.60. The maximum atomic E-state index is 11.2. The van der Waals surface area contributed by atoms with E-state index in [1.807, 2.05) is 6.07 Å². The zero-order valence-corrected chi connectivity index (χ0v) is 11.7. The Morgan fingerprint density at radius 1 is 1.14 bits per heavy atom.